The van der Waals surface area contributed by atoms with Gasteiger partial charge in [-0.3, -0.25) is 10.1 Å². The number of hydrogen-bond donors (Lipinski definition) is 0. The van der Waals surface area contributed by atoms with Gasteiger partial charge in [-0.05, 0) is 0 Å². The van der Waals surface area contributed by atoms with Gasteiger partial charge in [-0.2, -0.15) is 0 Å². The lowest BCUT2D eigenvalue weighted by Crippen LogP contribution is -2.40. The minimum Gasteiger partial charge on any atom is -0.543 e. The molecule has 0 fully saturated rings. The zero-order valence-electron chi connectivity index (χ0n) is 4.86. The Morgan fingerprint density at radius 2 is 2.22 bits per heavy atom. The van der Waals surface area contributed by atoms with Gasteiger partial charge in [0, 0.05) is 11.3 Å². The van der Waals surface area contributed by atoms with E-state index in [1.165, 1.54) is 6.92 Å². The predicted octanol–water partition coefficient (Wildman–Crippen LogP) is -1.21. The first-order valence-corrected chi connectivity index (χ1v) is 2.44. The van der Waals surface area contributed by atoms with Crippen LogP contribution < -0.4 is 5.11 Å². The van der Waals surface area contributed by atoms with Crippen LogP contribution in [-0.2, 0) is 4.79 Å². The number of rotatable bonds is 3. The quantitative estimate of drug-likeness (QED) is 0.356. The van der Waals surface area contributed by atoms with Crippen molar-refractivity contribution in [1.82, 2.24) is 0 Å². The predicted molar refractivity (Wildman–Crippen MR) is 26.1 cm³/mol. The number of carbonyl (C=O) groups is 1. The van der Waals surface area contributed by atoms with Gasteiger partial charge < -0.3 is 9.90 Å². The average molecular weight is 132 g/mol. The van der Waals surface area contributed by atoms with Crippen LogP contribution in [-0.4, -0.2) is 16.9 Å². The second kappa shape index (κ2) is 3.01. The van der Waals surface area contributed by atoms with Gasteiger partial charge in [-0.1, -0.05) is 6.92 Å². The van der Waals surface area contributed by atoms with Crippen LogP contribution in [0.2, 0.25) is 0 Å². The van der Waals surface area contributed by atoms with Crippen molar-refractivity contribution in [3.8, 4) is 0 Å². The van der Waals surface area contributed by atoms with Gasteiger partial charge >= 0.3 is 0 Å². The number of carbonyl (C=O) groups excluding carboxylic acids is 1. The fourth-order valence-electron chi connectivity index (χ4n) is 0.402. The molecule has 0 heterocycles. The Morgan fingerprint density at radius 1 is 1.78 bits per heavy atom. The molecule has 9 heavy (non-hydrogen) atoms. The number of nitro groups is 1. The van der Waals surface area contributed by atoms with Crippen molar-refractivity contribution >= 4 is 5.97 Å². The maximum atomic E-state index is 9.82. The number of carboxylic acid groups (broad SMARTS) is 1. The van der Waals surface area contributed by atoms with Crippen molar-refractivity contribution in [2.24, 2.45) is 0 Å². The third-order valence-electron chi connectivity index (χ3n) is 0.913. The molecule has 0 bridgehead atoms. The van der Waals surface area contributed by atoms with E-state index in [0.29, 0.717) is 0 Å². The van der Waals surface area contributed by atoms with E-state index in [1.807, 2.05) is 0 Å². The summed E-state index contributed by atoms with van der Waals surface area (Å²) in [6, 6.07) is -1.55. The Hall–Kier alpha value is -1.13. The first-order valence-electron chi connectivity index (χ1n) is 2.44. The first kappa shape index (κ1) is 7.87. The van der Waals surface area contributed by atoms with E-state index in [1.54, 1.807) is 0 Å². The molecule has 0 aliphatic rings. The molecule has 0 aromatic rings. The Morgan fingerprint density at radius 3 is 2.22 bits per heavy atom. The van der Waals surface area contributed by atoms with Gasteiger partial charge in [0.1, 0.15) is 5.97 Å². The summed E-state index contributed by atoms with van der Waals surface area (Å²) < 4.78 is 0. The maximum absolute atomic E-state index is 9.82. The molecule has 0 aliphatic carbocycles. The van der Waals surface area contributed by atoms with Crippen LogP contribution in [0.5, 0.6) is 0 Å². The minimum absolute atomic E-state index is 0.0324. The molecule has 52 valence electrons. The number of hydrogen-bond acceptors (Lipinski definition) is 4. The standard InChI is InChI=1S/C4H7NO4/c1-2-3(4(6)7)5(8)9/h3H,2H2,1H3,(H,6,7)/p-1/t3-/m1/s1. The average Bonchev–Trinajstić information content (AvgIpc) is 1.64. The van der Waals surface area contributed by atoms with Gasteiger partial charge in [0.2, 0.25) is 0 Å². The van der Waals surface area contributed by atoms with Crippen molar-refractivity contribution in [1.29, 1.82) is 0 Å². The summed E-state index contributed by atoms with van der Waals surface area (Å²) >= 11 is 0. The molecular weight excluding hydrogens is 126 g/mol. The first-order chi connectivity index (χ1) is 4.09. The van der Waals surface area contributed by atoms with Crippen molar-refractivity contribution in [2.75, 3.05) is 0 Å². The summed E-state index contributed by atoms with van der Waals surface area (Å²) in [4.78, 5) is 18.7. The summed E-state index contributed by atoms with van der Waals surface area (Å²) in [6.45, 7) is 1.42. The normalized spacial score (nSPS) is 12.6. The number of carboxylic acids is 1. The highest BCUT2D eigenvalue weighted by Crippen LogP contribution is 1.92. The summed E-state index contributed by atoms with van der Waals surface area (Å²) in [5.74, 6) is -1.62. The van der Waals surface area contributed by atoms with Crippen LogP contribution in [0.3, 0.4) is 0 Å². The van der Waals surface area contributed by atoms with Gasteiger partial charge in [-0.15, -0.1) is 0 Å². The molecule has 0 unspecified atom stereocenters. The van der Waals surface area contributed by atoms with Crippen molar-refractivity contribution in [2.45, 2.75) is 19.4 Å². The highest BCUT2D eigenvalue weighted by atomic mass is 16.6. The van der Waals surface area contributed by atoms with E-state index in [4.69, 9.17) is 0 Å². The molecule has 1 atom stereocenters. The van der Waals surface area contributed by atoms with Gasteiger partial charge in [-0.25, -0.2) is 0 Å². The Bertz CT molecular complexity index is 119. The zero-order valence-corrected chi connectivity index (χ0v) is 4.86. The lowest BCUT2D eigenvalue weighted by molar-refractivity contribution is -0.523. The molecular formula is C4H6NO4-. The van der Waals surface area contributed by atoms with Gasteiger partial charge in [0.25, 0.3) is 6.04 Å². The highest BCUT2D eigenvalue weighted by molar-refractivity contribution is 5.69. The Balaban J connectivity index is 3.99. The van der Waals surface area contributed by atoms with Gasteiger partial charge in [0.05, 0.1) is 0 Å². The molecule has 0 saturated heterocycles. The van der Waals surface area contributed by atoms with E-state index >= 15 is 0 Å². The van der Waals surface area contributed by atoms with E-state index in [0.717, 1.165) is 0 Å². The molecule has 0 aromatic carbocycles. The van der Waals surface area contributed by atoms with Crippen LogP contribution in [0.25, 0.3) is 0 Å². The molecule has 5 nitrogen and oxygen atoms in total. The SMILES string of the molecule is CC[C@H](C(=O)[O-])[N+](=O)[O-]. The topological polar surface area (TPSA) is 83.3 Å². The third-order valence-corrected chi connectivity index (χ3v) is 0.913. The van der Waals surface area contributed by atoms with E-state index in [-0.39, 0.29) is 6.42 Å². The summed E-state index contributed by atoms with van der Waals surface area (Å²) in [7, 11) is 0. The molecule has 0 aromatic heterocycles. The van der Waals surface area contributed by atoms with Crippen molar-refractivity contribution in [3.63, 3.8) is 0 Å². The van der Waals surface area contributed by atoms with E-state index in [9.17, 15) is 20.0 Å². The Labute approximate surface area is 51.4 Å². The molecule has 5 heteroatoms. The summed E-state index contributed by atoms with van der Waals surface area (Å²) in [5, 5.41) is 19.6. The molecule has 0 rings (SSSR count). The lowest BCUT2D eigenvalue weighted by Gasteiger charge is -2.05. The zero-order chi connectivity index (χ0) is 7.44. The van der Waals surface area contributed by atoms with Crippen LogP contribution in [0.1, 0.15) is 13.3 Å². The smallest absolute Gasteiger partial charge is 0.251 e. The highest BCUT2D eigenvalue weighted by Gasteiger charge is 2.17. The maximum Gasteiger partial charge on any atom is 0.251 e. The van der Waals surface area contributed by atoms with E-state index in [2.05, 4.69) is 0 Å². The largest absolute Gasteiger partial charge is 0.543 e. The van der Waals surface area contributed by atoms with Crippen LogP contribution in [0.15, 0.2) is 0 Å². The fraction of sp³-hybridized carbons (Fsp3) is 0.750. The minimum atomic E-state index is -1.62. The number of nitrogens with zero attached hydrogens (tertiary/aromatic N) is 1. The molecule has 0 radical (unpaired) electrons. The second-order valence-corrected chi connectivity index (χ2v) is 1.53. The molecule has 0 spiro atoms. The van der Waals surface area contributed by atoms with Crippen molar-refractivity contribution in [3.05, 3.63) is 10.1 Å². The molecule has 0 aliphatic heterocycles. The third kappa shape index (κ3) is 2.07. The van der Waals surface area contributed by atoms with Crippen LogP contribution in [0, 0.1) is 10.1 Å². The fourth-order valence-corrected chi connectivity index (χ4v) is 0.402. The molecule has 0 N–H and O–H groups in total. The summed E-state index contributed by atoms with van der Waals surface area (Å²) in [5.41, 5.74) is 0. The second-order valence-electron chi connectivity index (χ2n) is 1.53. The van der Waals surface area contributed by atoms with Gasteiger partial charge in [0.15, 0.2) is 0 Å². The monoisotopic (exact) mass is 132 g/mol. The van der Waals surface area contributed by atoms with Crippen LogP contribution in [0.4, 0.5) is 0 Å². The Kier molecular flexibility index (Phi) is 2.63. The molecule has 0 amide bonds. The van der Waals surface area contributed by atoms with E-state index < -0.39 is 16.9 Å². The van der Waals surface area contributed by atoms with Crippen LogP contribution >= 0.6 is 0 Å². The van der Waals surface area contributed by atoms with Crippen molar-refractivity contribution < 1.29 is 14.8 Å². The number of aliphatic carboxylic acids is 1. The lowest BCUT2D eigenvalue weighted by atomic mass is 10.2. The summed E-state index contributed by atoms with van der Waals surface area (Å²) in [6.07, 6.45) is -0.0324. The molecule has 0 saturated carbocycles.